The van der Waals surface area contributed by atoms with Crippen LogP contribution in [0.15, 0.2) is 42.6 Å². The van der Waals surface area contributed by atoms with E-state index in [4.69, 9.17) is 0 Å². The third-order valence-corrected chi connectivity index (χ3v) is 5.27. The smallest absolute Gasteiger partial charge is 0.257 e. The summed E-state index contributed by atoms with van der Waals surface area (Å²) in [5, 5.41) is 0. The van der Waals surface area contributed by atoms with Crippen LogP contribution in [0.25, 0.3) is 0 Å². The number of anilines is 1. The third kappa shape index (κ3) is 2.86. The average Bonchev–Trinajstić information content (AvgIpc) is 3.05. The maximum absolute atomic E-state index is 14.1. The lowest BCUT2D eigenvalue weighted by molar-refractivity contribution is 0.0707. The summed E-state index contributed by atoms with van der Waals surface area (Å²) in [4.78, 5) is 20.6. The van der Waals surface area contributed by atoms with Gasteiger partial charge >= 0.3 is 0 Å². The normalized spacial score (nSPS) is 22.8. The van der Waals surface area contributed by atoms with E-state index in [0.29, 0.717) is 24.8 Å². The van der Waals surface area contributed by atoms with Crippen LogP contribution in [0.3, 0.4) is 0 Å². The molecule has 2 aliphatic rings. The molecule has 0 saturated carbocycles. The molecule has 2 unspecified atom stereocenters. The van der Waals surface area contributed by atoms with E-state index >= 15 is 0 Å². The summed E-state index contributed by atoms with van der Waals surface area (Å²) < 4.78 is 28.1. The number of carbonyl (C=O) groups is 1. The van der Waals surface area contributed by atoms with Gasteiger partial charge in [-0.1, -0.05) is 12.1 Å². The molecule has 6 heteroatoms. The summed E-state index contributed by atoms with van der Waals surface area (Å²) in [7, 11) is 0. The van der Waals surface area contributed by atoms with E-state index in [-0.39, 0.29) is 23.3 Å². The van der Waals surface area contributed by atoms with E-state index in [1.165, 1.54) is 18.2 Å². The Balaban J connectivity index is 1.57. The van der Waals surface area contributed by atoms with E-state index in [1.54, 1.807) is 29.3 Å². The highest BCUT2D eigenvalue weighted by atomic mass is 19.1. The van der Waals surface area contributed by atoms with Crippen molar-refractivity contribution >= 4 is 11.7 Å². The van der Waals surface area contributed by atoms with Crippen LogP contribution < -0.4 is 4.90 Å². The van der Waals surface area contributed by atoms with Gasteiger partial charge < -0.3 is 9.80 Å². The lowest BCUT2D eigenvalue weighted by Crippen LogP contribution is -2.50. The van der Waals surface area contributed by atoms with Gasteiger partial charge in [-0.3, -0.25) is 4.79 Å². The van der Waals surface area contributed by atoms with Crippen molar-refractivity contribution in [3.05, 3.63) is 59.8 Å². The van der Waals surface area contributed by atoms with Gasteiger partial charge in [0, 0.05) is 25.8 Å². The number of nitrogens with zero attached hydrogens (tertiary/aromatic N) is 3. The number of piperidine rings is 1. The third-order valence-electron chi connectivity index (χ3n) is 5.27. The number of fused-ring (bicyclic) bond motifs is 1. The Morgan fingerprint density at radius 2 is 1.80 bits per heavy atom. The molecule has 1 aromatic carbocycles. The molecule has 2 fully saturated rings. The number of likely N-dealkylation sites (tertiary alicyclic amines) is 1. The van der Waals surface area contributed by atoms with E-state index < -0.39 is 5.82 Å². The predicted octanol–water partition coefficient (Wildman–Crippen LogP) is 3.10. The summed E-state index contributed by atoms with van der Waals surface area (Å²) >= 11 is 0. The molecule has 25 heavy (non-hydrogen) atoms. The van der Waals surface area contributed by atoms with Crippen molar-refractivity contribution in [2.75, 3.05) is 24.5 Å². The van der Waals surface area contributed by atoms with Gasteiger partial charge in [0.1, 0.15) is 5.82 Å². The number of benzene rings is 1. The summed E-state index contributed by atoms with van der Waals surface area (Å²) in [6.45, 7) is 1.86. The molecule has 2 aromatic rings. The van der Waals surface area contributed by atoms with Crippen molar-refractivity contribution in [2.45, 2.75) is 18.9 Å². The fraction of sp³-hybridized carbons (Fsp3) is 0.368. The molecule has 2 aliphatic heterocycles. The first-order chi connectivity index (χ1) is 12.1. The highest BCUT2D eigenvalue weighted by molar-refractivity contribution is 5.95. The molecule has 4 rings (SSSR count). The molecule has 0 bridgehead atoms. The van der Waals surface area contributed by atoms with Crippen molar-refractivity contribution in [2.24, 2.45) is 5.92 Å². The van der Waals surface area contributed by atoms with Crippen molar-refractivity contribution in [3.63, 3.8) is 0 Å². The number of rotatable bonds is 2. The van der Waals surface area contributed by atoms with Crippen molar-refractivity contribution < 1.29 is 13.6 Å². The van der Waals surface area contributed by atoms with Gasteiger partial charge in [0.25, 0.3) is 5.91 Å². The molecule has 130 valence electrons. The monoisotopic (exact) mass is 343 g/mol. The molecule has 2 saturated heterocycles. The molecule has 2 atom stereocenters. The first-order valence-corrected chi connectivity index (χ1v) is 8.56. The molecule has 0 aliphatic carbocycles. The summed E-state index contributed by atoms with van der Waals surface area (Å²) in [5.41, 5.74) is 0.101. The number of amides is 1. The van der Waals surface area contributed by atoms with E-state index in [2.05, 4.69) is 4.98 Å². The van der Waals surface area contributed by atoms with E-state index in [9.17, 15) is 13.6 Å². The predicted molar refractivity (Wildman–Crippen MR) is 90.4 cm³/mol. The van der Waals surface area contributed by atoms with Gasteiger partial charge in [-0.05, 0) is 43.0 Å². The maximum atomic E-state index is 14.1. The van der Waals surface area contributed by atoms with Crippen molar-refractivity contribution in [3.8, 4) is 0 Å². The Hall–Kier alpha value is -2.50. The van der Waals surface area contributed by atoms with Gasteiger partial charge in [-0.25, -0.2) is 13.8 Å². The molecule has 1 aromatic heterocycles. The number of pyridine rings is 1. The van der Waals surface area contributed by atoms with Crippen LogP contribution in [0.5, 0.6) is 0 Å². The van der Waals surface area contributed by atoms with E-state index in [1.807, 2.05) is 4.90 Å². The Labute approximate surface area is 145 Å². The molecule has 0 radical (unpaired) electrons. The molecule has 1 amide bonds. The summed E-state index contributed by atoms with van der Waals surface area (Å²) in [6.07, 6.45) is 3.35. The highest BCUT2D eigenvalue weighted by Gasteiger charge is 2.41. The van der Waals surface area contributed by atoms with Crippen LogP contribution in [0.2, 0.25) is 0 Å². The molecule has 4 nitrogen and oxygen atoms in total. The standard InChI is InChI=1S/C19H19F2N3O/c20-15-5-2-1-4-14(15)19(25)24-11-8-13-7-10-23(12-17(13)24)18-16(21)6-3-9-22-18/h1-6,9,13,17H,7-8,10-12H2. The second kappa shape index (κ2) is 6.43. The summed E-state index contributed by atoms with van der Waals surface area (Å²) in [6, 6.07) is 8.98. The van der Waals surface area contributed by atoms with Crippen LogP contribution in [0.1, 0.15) is 23.2 Å². The molecule has 0 N–H and O–H groups in total. The molecular formula is C19H19F2N3O. The quantitative estimate of drug-likeness (QED) is 0.841. The first kappa shape index (κ1) is 16.0. The van der Waals surface area contributed by atoms with Gasteiger partial charge in [0.05, 0.1) is 11.6 Å². The fourth-order valence-corrected chi connectivity index (χ4v) is 3.98. The topological polar surface area (TPSA) is 36.4 Å². The molecular weight excluding hydrogens is 324 g/mol. The maximum Gasteiger partial charge on any atom is 0.257 e. The lowest BCUT2D eigenvalue weighted by atomic mass is 9.92. The summed E-state index contributed by atoms with van der Waals surface area (Å²) in [5.74, 6) is -0.441. The number of hydrogen-bond donors (Lipinski definition) is 0. The van der Waals surface area contributed by atoms with E-state index in [0.717, 1.165) is 19.4 Å². The number of halogens is 2. The largest absolute Gasteiger partial charge is 0.352 e. The Bertz CT molecular complexity index is 798. The number of hydrogen-bond acceptors (Lipinski definition) is 3. The Morgan fingerprint density at radius 1 is 1.04 bits per heavy atom. The van der Waals surface area contributed by atoms with Crippen LogP contribution in [0.4, 0.5) is 14.6 Å². The fourth-order valence-electron chi connectivity index (χ4n) is 3.98. The van der Waals surface area contributed by atoms with Crippen LogP contribution in [-0.2, 0) is 0 Å². The zero-order valence-electron chi connectivity index (χ0n) is 13.7. The Morgan fingerprint density at radius 3 is 2.60 bits per heavy atom. The van der Waals surface area contributed by atoms with Crippen molar-refractivity contribution in [1.29, 1.82) is 0 Å². The minimum atomic E-state index is -0.501. The second-order valence-corrected chi connectivity index (χ2v) is 6.64. The number of carbonyl (C=O) groups excluding carboxylic acids is 1. The van der Waals surface area contributed by atoms with Gasteiger partial charge in [0.15, 0.2) is 11.6 Å². The van der Waals surface area contributed by atoms with Gasteiger partial charge in [-0.2, -0.15) is 0 Å². The second-order valence-electron chi connectivity index (χ2n) is 6.64. The Kier molecular flexibility index (Phi) is 4.11. The minimum Gasteiger partial charge on any atom is -0.352 e. The lowest BCUT2D eigenvalue weighted by Gasteiger charge is -2.39. The minimum absolute atomic E-state index is 0.0396. The van der Waals surface area contributed by atoms with Gasteiger partial charge in [-0.15, -0.1) is 0 Å². The molecule has 3 heterocycles. The van der Waals surface area contributed by atoms with Crippen LogP contribution >= 0.6 is 0 Å². The molecule has 0 spiro atoms. The highest BCUT2D eigenvalue weighted by Crippen LogP contribution is 2.34. The zero-order chi connectivity index (χ0) is 17.4. The zero-order valence-corrected chi connectivity index (χ0v) is 13.7. The number of aromatic nitrogens is 1. The van der Waals surface area contributed by atoms with Gasteiger partial charge in [0.2, 0.25) is 0 Å². The van der Waals surface area contributed by atoms with Crippen molar-refractivity contribution in [1.82, 2.24) is 9.88 Å². The first-order valence-electron chi connectivity index (χ1n) is 8.56. The van der Waals surface area contributed by atoms with Crippen LogP contribution in [-0.4, -0.2) is 41.5 Å². The SMILES string of the molecule is O=C(c1ccccc1F)N1CCC2CCN(c3ncccc3F)CC21. The van der Waals surface area contributed by atoms with Crippen LogP contribution in [0, 0.1) is 17.6 Å². The average molecular weight is 343 g/mol.